The summed E-state index contributed by atoms with van der Waals surface area (Å²) in [5.74, 6) is 1.88. The third-order valence-corrected chi connectivity index (χ3v) is 10.5. The van der Waals surface area contributed by atoms with Gasteiger partial charge in [-0.05, 0) is 68.8 Å². The number of benzene rings is 6. The minimum Gasteiger partial charge on any atom is -0.279 e. The number of hydrogen-bond donors (Lipinski definition) is 0. The Balaban J connectivity index is 1.29. The van der Waals surface area contributed by atoms with E-state index in [1.54, 1.807) is 0 Å². The van der Waals surface area contributed by atoms with E-state index in [0.29, 0.717) is 17.6 Å². The smallest absolute Gasteiger partial charge is 0.238 e. The number of anilines is 3. The van der Waals surface area contributed by atoms with Crippen LogP contribution in [-0.4, -0.2) is 15.0 Å². The molecular formula is C45H36N4. The fourth-order valence-electron chi connectivity index (χ4n) is 8.14. The Hall–Kier alpha value is -5.87. The van der Waals surface area contributed by atoms with E-state index in [-0.39, 0.29) is 10.8 Å². The molecule has 0 N–H and O–H groups in total. The normalized spacial score (nSPS) is 14.4. The summed E-state index contributed by atoms with van der Waals surface area (Å²) >= 11 is 0. The highest BCUT2D eigenvalue weighted by Gasteiger charge is 2.39. The zero-order valence-electron chi connectivity index (χ0n) is 28.1. The van der Waals surface area contributed by atoms with E-state index in [9.17, 15) is 0 Å². The molecule has 1 heterocycles. The van der Waals surface area contributed by atoms with E-state index in [1.165, 1.54) is 44.5 Å². The average molecular weight is 633 g/mol. The molecule has 0 aliphatic heterocycles. The second-order valence-corrected chi connectivity index (χ2v) is 14.1. The number of fused-ring (bicyclic) bond motifs is 6. The van der Waals surface area contributed by atoms with Crippen LogP contribution >= 0.6 is 0 Å². The van der Waals surface area contributed by atoms with Gasteiger partial charge >= 0.3 is 0 Å². The predicted octanol–water partition coefficient (Wildman–Crippen LogP) is 11.3. The molecule has 1 aromatic heterocycles. The molecule has 0 amide bonds. The van der Waals surface area contributed by atoms with E-state index in [4.69, 9.17) is 15.0 Å². The molecule has 0 saturated heterocycles. The fourth-order valence-corrected chi connectivity index (χ4v) is 8.14. The molecule has 4 heteroatoms. The van der Waals surface area contributed by atoms with Crippen molar-refractivity contribution < 1.29 is 0 Å². The number of rotatable bonds is 5. The van der Waals surface area contributed by atoms with Crippen LogP contribution in [0.25, 0.3) is 45.0 Å². The van der Waals surface area contributed by atoms with Gasteiger partial charge in [-0.15, -0.1) is 0 Å². The second-order valence-electron chi connectivity index (χ2n) is 14.1. The number of hydrogen-bond acceptors (Lipinski definition) is 4. The molecule has 0 fully saturated rings. The zero-order valence-corrected chi connectivity index (χ0v) is 28.1. The summed E-state index contributed by atoms with van der Waals surface area (Å²) in [5, 5.41) is 0. The summed E-state index contributed by atoms with van der Waals surface area (Å²) in [6.07, 6.45) is 0. The highest BCUT2D eigenvalue weighted by molar-refractivity contribution is 5.88. The Kier molecular flexibility index (Phi) is 6.47. The van der Waals surface area contributed by atoms with Crippen LogP contribution < -0.4 is 4.90 Å². The second kappa shape index (κ2) is 10.8. The highest BCUT2D eigenvalue weighted by atomic mass is 15.3. The van der Waals surface area contributed by atoms with E-state index < -0.39 is 0 Å². The van der Waals surface area contributed by atoms with Crippen molar-refractivity contribution in [2.75, 3.05) is 4.90 Å². The molecule has 2 aliphatic carbocycles. The van der Waals surface area contributed by atoms with Crippen LogP contribution in [0.4, 0.5) is 17.3 Å². The van der Waals surface area contributed by atoms with Crippen molar-refractivity contribution in [1.29, 1.82) is 0 Å². The van der Waals surface area contributed by atoms with Gasteiger partial charge in [-0.3, -0.25) is 4.90 Å². The van der Waals surface area contributed by atoms with Crippen molar-refractivity contribution in [3.05, 3.63) is 168 Å². The quantitative estimate of drug-likeness (QED) is 0.189. The number of aromatic nitrogens is 3. The maximum atomic E-state index is 5.36. The molecule has 0 radical (unpaired) electrons. The first-order chi connectivity index (χ1) is 23.8. The molecule has 49 heavy (non-hydrogen) atoms. The first-order valence-corrected chi connectivity index (χ1v) is 17.0. The van der Waals surface area contributed by atoms with E-state index >= 15 is 0 Å². The van der Waals surface area contributed by atoms with Crippen LogP contribution in [0, 0.1) is 0 Å². The van der Waals surface area contributed by atoms with Gasteiger partial charge in [-0.25, -0.2) is 4.98 Å². The van der Waals surface area contributed by atoms with E-state index in [2.05, 4.69) is 154 Å². The third-order valence-electron chi connectivity index (χ3n) is 10.5. The largest absolute Gasteiger partial charge is 0.279 e. The predicted molar refractivity (Wildman–Crippen MR) is 201 cm³/mol. The van der Waals surface area contributed by atoms with Gasteiger partial charge in [0, 0.05) is 33.3 Å². The SMILES string of the molecule is CC1(C)c2ccccc2-c2cc(N(c3ccccc3)c3nc(-c4ccccc4)nc(-c4cccc5c4C(C)(C)c4ccccc4-5)n3)ccc21. The maximum Gasteiger partial charge on any atom is 0.238 e. The first-order valence-electron chi connectivity index (χ1n) is 17.0. The van der Waals surface area contributed by atoms with Crippen LogP contribution in [0.5, 0.6) is 0 Å². The van der Waals surface area contributed by atoms with Crippen LogP contribution in [0.3, 0.4) is 0 Å². The lowest BCUT2D eigenvalue weighted by Gasteiger charge is -2.27. The summed E-state index contributed by atoms with van der Waals surface area (Å²) in [6, 6.07) is 51.5. The number of para-hydroxylation sites is 1. The van der Waals surface area contributed by atoms with Crippen molar-refractivity contribution >= 4 is 17.3 Å². The van der Waals surface area contributed by atoms with Crippen molar-refractivity contribution in [3.8, 4) is 45.0 Å². The van der Waals surface area contributed by atoms with Gasteiger partial charge in [-0.2, -0.15) is 9.97 Å². The van der Waals surface area contributed by atoms with Crippen molar-refractivity contribution in [3.63, 3.8) is 0 Å². The number of nitrogens with zero attached hydrogens (tertiary/aromatic N) is 4. The van der Waals surface area contributed by atoms with Gasteiger partial charge < -0.3 is 0 Å². The van der Waals surface area contributed by atoms with Gasteiger partial charge in [0.25, 0.3) is 0 Å². The van der Waals surface area contributed by atoms with Crippen LogP contribution in [0.1, 0.15) is 49.9 Å². The third kappa shape index (κ3) is 4.48. The molecule has 6 aromatic carbocycles. The maximum absolute atomic E-state index is 5.36. The van der Waals surface area contributed by atoms with Gasteiger partial charge in [0.15, 0.2) is 11.6 Å². The van der Waals surface area contributed by atoms with E-state index in [1.807, 2.05) is 24.3 Å². The lowest BCUT2D eigenvalue weighted by molar-refractivity contribution is 0.660. The van der Waals surface area contributed by atoms with Gasteiger partial charge in [0.1, 0.15) is 0 Å². The molecule has 9 rings (SSSR count). The topological polar surface area (TPSA) is 41.9 Å². The van der Waals surface area contributed by atoms with Crippen molar-refractivity contribution in [2.24, 2.45) is 0 Å². The Morgan fingerprint density at radius 3 is 1.69 bits per heavy atom. The van der Waals surface area contributed by atoms with E-state index in [0.717, 1.165) is 22.5 Å². The minimum absolute atomic E-state index is 0.0824. The molecule has 0 saturated carbocycles. The molecule has 0 spiro atoms. The minimum atomic E-state index is -0.221. The summed E-state index contributed by atoms with van der Waals surface area (Å²) in [7, 11) is 0. The van der Waals surface area contributed by atoms with Gasteiger partial charge in [0.2, 0.25) is 5.95 Å². The fraction of sp³-hybridized carbons (Fsp3) is 0.133. The van der Waals surface area contributed by atoms with Crippen molar-refractivity contribution in [2.45, 2.75) is 38.5 Å². The molecule has 0 bridgehead atoms. The Morgan fingerprint density at radius 2 is 0.959 bits per heavy atom. The summed E-state index contributed by atoms with van der Waals surface area (Å²) < 4.78 is 0. The van der Waals surface area contributed by atoms with Gasteiger partial charge in [0.05, 0.1) is 0 Å². The van der Waals surface area contributed by atoms with Crippen molar-refractivity contribution in [1.82, 2.24) is 15.0 Å². The monoisotopic (exact) mass is 632 g/mol. The molecule has 4 nitrogen and oxygen atoms in total. The molecule has 236 valence electrons. The summed E-state index contributed by atoms with van der Waals surface area (Å²) in [6.45, 7) is 9.24. The Bertz CT molecular complexity index is 2390. The molecule has 0 atom stereocenters. The molecular weight excluding hydrogens is 597 g/mol. The summed E-state index contributed by atoms with van der Waals surface area (Å²) in [5.41, 5.74) is 13.9. The standard InChI is InChI=1S/C45H36N4/c1-44(2)37-24-13-12-21-33(37)36-28-31(26-27-39(36)44)49(30-18-9-6-10-19-30)43-47-41(29-16-7-5-8-17-29)46-42(48-43)35-23-15-22-34-32-20-11-14-25-38(32)45(3,4)40(34)35/h5-28H,1-4H3. The molecule has 7 aromatic rings. The Morgan fingerprint density at radius 1 is 0.408 bits per heavy atom. The van der Waals surface area contributed by atoms with Gasteiger partial charge in [-0.1, -0.05) is 149 Å². The van der Waals surface area contributed by atoms with Crippen LogP contribution in [-0.2, 0) is 10.8 Å². The Labute approximate surface area is 287 Å². The highest BCUT2D eigenvalue weighted by Crippen LogP contribution is 2.53. The lowest BCUT2D eigenvalue weighted by Crippen LogP contribution is -2.18. The van der Waals surface area contributed by atoms with Crippen LogP contribution in [0.15, 0.2) is 146 Å². The summed E-state index contributed by atoms with van der Waals surface area (Å²) in [4.78, 5) is 18.0. The molecule has 0 unspecified atom stereocenters. The average Bonchev–Trinajstić information content (AvgIpc) is 3.52. The zero-order chi connectivity index (χ0) is 33.3. The molecule has 2 aliphatic rings. The van der Waals surface area contributed by atoms with Crippen LogP contribution in [0.2, 0.25) is 0 Å². The lowest BCUT2D eigenvalue weighted by atomic mass is 9.80. The first kappa shape index (κ1) is 29.3.